The van der Waals surface area contributed by atoms with E-state index in [0.717, 1.165) is 25.7 Å². The van der Waals surface area contributed by atoms with Gasteiger partial charge in [0.15, 0.2) is 0 Å². The van der Waals surface area contributed by atoms with Crippen LogP contribution in [0.4, 0.5) is 0 Å². The van der Waals surface area contributed by atoms with E-state index in [9.17, 15) is 15.0 Å². The van der Waals surface area contributed by atoms with E-state index in [2.05, 4.69) is 43.5 Å². The van der Waals surface area contributed by atoms with Gasteiger partial charge in [-0.3, -0.25) is 4.79 Å². The van der Waals surface area contributed by atoms with E-state index < -0.39 is 12.1 Å². The topological polar surface area (TPSA) is 69.6 Å². The number of rotatable bonds is 38. The molecule has 0 saturated heterocycles. The first kappa shape index (κ1) is 46.6. The summed E-state index contributed by atoms with van der Waals surface area (Å²) in [5, 5.41) is 23.0. The molecule has 0 heterocycles. The summed E-state index contributed by atoms with van der Waals surface area (Å²) in [7, 11) is 0. The van der Waals surface area contributed by atoms with E-state index >= 15 is 0 Å². The number of hydrogen-bond acceptors (Lipinski definition) is 3. The van der Waals surface area contributed by atoms with Gasteiger partial charge in [-0.2, -0.15) is 0 Å². The summed E-state index contributed by atoms with van der Waals surface area (Å²) >= 11 is 0. The van der Waals surface area contributed by atoms with Gasteiger partial charge in [0.25, 0.3) is 0 Å². The van der Waals surface area contributed by atoms with Gasteiger partial charge in [-0.1, -0.05) is 204 Å². The molecule has 0 aliphatic rings. The zero-order valence-corrected chi connectivity index (χ0v) is 32.3. The predicted molar refractivity (Wildman–Crippen MR) is 212 cm³/mol. The highest BCUT2D eigenvalue weighted by atomic mass is 16.3. The van der Waals surface area contributed by atoms with Gasteiger partial charge in [0.1, 0.15) is 0 Å². The van der Waals surface area contributed by atoms with Gasteiger partial charge in [-0.15, -0.1) is 0 Å². The standard InChI is InChI=1S/C44H83NO3/c1-3-5-7-9-11-13-15-17-19-21-22-24-26-28-30-32-34-36-38-40-44(48)45-42(41-46)43(47)39-37-35-33-31-29-27-25-23-20-18-16-14-12-10-8-6-4-2/h11,13,15,17,37,39,42-43,46-47H,3-10,12,14,16,18-36,38,40-41H2,1-2H3,(H,45,48)/b13-11-,17-15-,39-37+. The number of carbonyl (C=O) groups is 1. The maximum atomic E-state index is 12.4. The summed E-state index contributed by atoms with van der Waals surface area (Å²) in [5.41, 5.74) is 0. The van der Waals surface area contributed by atoms with Crippen LogP contribution in [0.1, 0.15) is 219 Å². The van der Waals surface area contributed by atoms with E-state index in [1.165, 1.54) is 173 Å². The Morgan fingerprint density at radius 3 is 1.25 bits per heavy atom. The van der Waals surface area contributed by atoms with E-state index in [1.807, 2.05) is 6.08 Å². The lowest BCUT2D eigenvalue weighted by atomic mass is 10.0. The number of hydrogen-bond donors (Lipinski definition) is 3. The minimum Gasteiger partial charge on any atom is -0.394 e. The van der Waals surface area contributed by atoms with Crippen molar-refractivity contribution in [1.29, 1.82) is 0 Å². The fourth-order valence-corrected chi connectivity index (χ4v) is 6.34. The second kappa shape index (κ2) is 40.0. The number of allylic oxidation sites excluding steroid dienone is 5. The van der Waals surface area contributed by atoms with Crippen LogP contribution in [0.3, 0.4) is 0 Å². The van der Waals surface area contributed by atoms with Crippen LogP contribution in [0, 0.1) is 0 Å². The van der Waals surface area contributed by atoms with Crippen LogP contribution in [-0.2, 0) is 4.79 Å². The van der Waals surface area contributed by atoms with E-state index in [-0.39, 0.29) is 12.5 Å². The van der Waals surface area contributed by atoms with Crippen molar-refractivity contribution < 1.29 is 15.0 Å². The molecule has 3 N–H and O–H groups in total. The summed E-state index contributed by atoms with van der Waals surface area (Å²) in [6, 6.07) is -0.622. The summed E-state index contributed by atoms with van der Waals surface area (Å²) in [6.07, 6.45) is 52.4. The average molecular weight is 674 g/mol. The molecule has 0 saturated carbocycles. The Labute approximate surface area is 300 Å². The molecule has 2 atom stereocenters. The molecule has 4 nitrogen and oxygen atoms in total. The molecule has 0 aromatic heterocycles. The number of amides is 1. The Morgan fingerprint density at radius 2 is 0.833 bits per heavy atom. The minimum absolute atomic E-state index is 0.0678. The van der Waals surface area contributed by atoms with E-state index in [4.69, 9.17) is 0 Å². The zero-order chi connectivity index (χ0) is 35.0. The molecule has 282 valence electrons. The highest BCUT2D eigenvalue weighted by molar-refractivity contribution is 5.76. The third-order valence-corrected chi connectivity index (χ3v) is 9.65. The van der Waals surface area contributed by atoms with Crippen LogP contribution < -0.4 is 5.32 Å². The second-order valence-electron chi connectivity index (χ2n) is 14.4. The number of aliphatic hydroxyl groups is 2. The van der Waals surface area contributed by atoms with Crippen molar-refractivity contribution >= 4 is 5.91 Å². The number of aliphatic hydroxyl groups excluding tert-OH is 2. The lowest BCUT2D eigenvalue weighted by Gasteiger charge is -2.20. The number of unbranched alkanes of at least 4 members (excludes halogenated alkanes) is 28. The molecule has 48 heavy (non-hydrogen) atoms. The summed E-state index contributed by atoms with van der Waals surface area (Å²) < 4.78 is 0. The molecule has 1 amide bonds. The number of carbonyl (C=O) groups excluding carboxylic acids is 1. The molecule has 0 radical (unpaired) electrons. The van der Waals surface area contributed by atoms with Crippen molar-refractivity contribution in [2.24, 2.45) is 0 Å². The Morgan fingerprint density at radius 1 is 0.500 bits per heavy atom. The predicted octanol–water partition coefficient (Wildman–Crippen LogP) is 13.0. The maximum Gasteiger partial charge on any atom is 0.220 e. The third kappa shape index (κ3) is 35.9. The second-order valence-corrected chi connectivity index (χ2v) is 14.4. The van der Waals surface area contributed by atoms with Crippen LogP contribution in [0.2, 0.25) is 0 Å². The van der Waals surface area contributed by atoms with Crippen LogP contribution in [-0.4, -0.2) is 34.9 Å². The van der Waals surface area contributed by atoms with Gasteiger partial charge in [-0.25, -0.2) is 0 Å². The van der Waals surface area contributed by atoms with Crippen LogP contribution in [0.25, 0.3) is 0 Å². The first-order valence-electron chi connectivity index (χ1n) is 21.2. The lowest BCUT2D eigenvalue weighted by molar-refractivity contribution is -0.123. The third-order valence-electron chi connectivity index (χ3n) is 9.65. The Kier molecular flexibility index (Phi) is 38.9. The monoisotopic (exact) mass is 674 g/mol. The molecule has 0 fully saturated rings. The Bertz CT molecular complexity index is 731. The molecule has 0 aliphatic carbocycles. The van der Waals surface area contributed by atoms with Crippen molar-refractivity contribution in [3.8, 4) is 0 Å². The summed E-state index contributed by atoms with van der Waals surface area (Å²) in [4.78, 5) is 12.4. The molecule has 0 rings (SSSR count). The van der Waals surface area contributed by atoms with Crippen LogP contribution >= 0.6 is 0 Å². The Balaban J connectivity index is 3.58. The van der Waals surface area contributed by atoms with E-state index in [1.54, 1.807) is 6.08 Å². The molecular weight excluding hydrogens is 590 g/mol. The largest absolute Gasteiger partial charge is 0.394 e. The van der Waals surface area contributed by atoms with Gasteiger partial charge in [0.05, 0.1) is 18.8 Å². The summed E-state index contributed by atoms with van der Waals surface area (Å²) in [6.45, 7) is 4.28. The van der Waals surface area contributed by atoms with Gasteiger partial charge in [0.2, 0.25) is 5.91 Å². The van der Waals surface area contributed by atoms with Crippen molar-refractivity contribution in [3.05, 3.63) is 36.5 Å². The van der Waals surface area contributed by atoms with Crippen molar-refractivity contribution in [3.63, 3.8) is 0 Å². The van der Waals surface area contributed by atoms with Crippen molar-refractivity contribution in [2.75, 3.05) is 6.61 Å². The van der Waals surface area contributed by atoms with E-state index in [0.29, 0.717) is 6.42 Å². The first-order valence-corrected chi connectivity index (χ1v) is 21.2. The van der Waals surface area contributed by atoms with Gasteiger partial charge >= 0.3 is 0 Å². The fraction of sp³-hybridized carbons (Fsp3) is 0.841. The maximum absolute atomic E-state index is 12.4. The Hall–Kier alpha value is -1.39. The molecule has 0 aliphatic heterocycles. The molecule has 0 aromatic carbocycles. The van der Waals surface area contributed by atoms with Crippen LogP contribution in [0.5, 0.6) is 0 Å². The molecule has 0 aromatic rings. The van der Waals surface area contributed by atoms with Crippen LogP contribution in [0.15, 0.2) is 36.5 Å². The van der Waals surface area contributed by atoms with Gasteiger partial charge in [0, 0.05) is 6.42 Å². The average Bonchev–Trinajstić information content (AvgIpc) is 3.09. The quantitative estimate of drug-likeness (QED) is 0.0347. The van der Waals surface area contributed by atoms with Crippen molar-refractivity contribution in [2.45, 2.75) is 231 Å². The first-order chi connectivity index (χ1) is 23.7. The highest BCUT2D eigenvalue weighted by Crippen LogP contribution is 2.15. The molecule has 0 bridgehead atoms. The van der Waals surface area contributed by atoms with Crippen molar-refractivity contribution in [1.82, 2.24) is 5.32 Å². The molecule has 2 unspecified atom stereocenters. The fourth-order valence-electron chi connectivity index (χ4n) is 6.34. The zero-order valence-electron chi connectivity index (χ0n) is 32.3. The number of nitrogens with one attached hydrogen (secondary N) is 1. The summed E-state index contributed by atoms with van der Waals surface area (Å²) in [5.74, 6) is -0.0678. The highest BCUT2D eigenvalue weighted by Gasteiger charge is 2.17. The normalized spacial score (nSPS) is 13.3. The molecule has 4 heteroatoms. The molecular formula is C44H83NO3. The van der Waals surface area contributed by atoms with Gasteiger partial charge < -0.3 is 15.5 Å². The minimum atomic E-state index is -0.839. The lowest BCUT2D eigenvalue weighted by Crippen LogP contribution is -2.45. The van der Waals surface area contributed by atoms with Gasteiger partial charge in [-0.05, 0) is 44.9 Å². The SMILES string of the molecule is CCCCC/C=C\C=C/CCCCCCCCCCCCC(=O)NC(CO)C(O)/C=C/CCCCCCCCCCCCCCCCC. The smallest absolute Gasteiger partial charge is 0.220 e. The molecule has 0 spiro atoms.